The first-order chi connectivity index (χ1) is 25.0. The van der Waals surface area contributed by atoms with E-state index in [0.717, 1.165) is 50.9 Å². The molecule has 0 radical (unpaired) electrons. The number of carbonyl (C=O) groups is 2. The standard InChI is InChI=1S/C45H80O6/c1-4-5-6-7-24-29-34-42-43(51-42)35-30-25-20-18-22-26-31-36-44(47)49-39-41(38-46)50-45(48)37-32-27-21-17-15-13-11-9-8-10-12-14-16-19-23-28-33-40(2)3/h18,22,24-25,29-30,40-43,46H,4-17,19-21,23,26-28,31-39H2,1-3H3/b22-18-,29-24-,30-25-/t41-,42?,43?/m0/s1. The Bertz CT molecular complexity index is 893. The highest BCUT2D eigenvalue weighted by atomic mass is 16.6. The zero-order valence-corrected chi connectivity index (χ0v) is 33.5. The van der Waals surface area contributed by atoms with E-state index in [9.17, 15) is 14.7 Å². The highest BCUT2D eigenvalue weighted by Gasteiger charge is 2.35. The van der Waals surface area contributed by atoms with E-state index in [1.54, 1.807) is 0 Å². The predicted molar refractivity (Wildman–Crippen MR) is 214 cm³/mol. The van der Waals surface area contributed by atoms with Crippen LogP contribution in [0.5, 0.6) is 0 Å². The molecule has 0 aliphatic carbocycles. The van der Waals surface area contributed by atoms with E-state index in [-0.39, 0.29) is 25.2 Å². The van der Waals surface area contributed by atoms with Gasteiger partial charge in [0.05, 0.1) is 18.8 Å². The molecule has 0 spiro atoms. The summed E-state index contributed by atoms with van der Waals surface area (Å²) in [5, 5.41) is 9.58. The molecule has 2 unspecified atom stereocenters. The van der Waals surface area contributed by atoms with Gasteiger partial charge in [0, 0.05) is 12.8 Å². The molecule has 0 aromatic rings. The Labute approximate surface area is 314 Å². The first-order valence-electron chi connectivity index (χ1n) is 21.5. The van der Waals surface area contributed by atoms with E-state index in [4.69, 9.17) is 14.2 Å². The number of hydrogen-bond acceptors (Lipinski definition) is 6. The number of ether oxygens (including phenoxy) is 3. The molecule has 1 aliphatic heterocycles. The Balaban J connectivity index is 1.89. The van der Waals surface area contributed by atoms with Crippen molar-refractivity contribution in [2.45, 2.75) is 219 Å². The highest BCUT2D eigenvalue weighted by molar-refractivity contribution is 5.70. The van der Waals surface area contributed by atoms with Crippen LogP contribution >= 0.6 is 0 Å². The topological polar surface area (TPSA) is 85.4 Å². The SMILES string of the molecule is CCCCC/C=C\CC1OC1C/C=C\C/C=C\CCCC(=O)OC[C@H](CO)OC(=O)CCCCCCCCCCCCCCCCCCC(C)C. The molecule has 6 nitrogen and oxygen atoms in total. The third kappa shape index (κ3) is 32.5. The van der Waals surface area contributed by atoms with E-state index in [1.807, 2.05) is 0 Å². The van der Waals surface area contributed by atoms with Gasteiger partial charge in [-0.1, -0.05) is 173 Å². The Morgan fingerprint density at radius 1 is 0.608 bits per heavy atom. The zero-order chi connectivity index (χ0) is 37.0. The number of rotatable bonds is 37. The third-order valence-electron chi connectivity index (χ3n) is 9.77. The van der Waals surface area contributed by atoms with Crippen LogP contribution in [-0.4, -0.2) is 48.6 Å². The number of aliphatic hydroxyl groups excluding tert-OH is 1. The summed E-state index contributed by atoms with van der Waals surface area (Å²) in [4.78, 5) is 24.3. The normalized spacial score (nSPS) is 16.6. The fraction of sp³-hybridized carbons (Fsp3) is 0.822. The average molecular weight is 717 g/mol. The summed E-state index contributed by atoms with van der Waals surface area (Å²) < 4.78 is 16.3. The van der Waals surface area contributed by atoms with Crippen LogP contribution in [0.3, 0.4) is 0 Å². The molecular weight excluding hydrogens is 636 g/mol. The second-order valence-electron chi connectivity index (χ2n) is 15.3. The van der Waals surface area contributed by atoms with Crippen molar-refractivity contribution >= 4 is 11.9 Å². The molecule has 1 rings (SSSR count). The molecule has 1 aliphatic rings. The summed E-state index contributed by atoms with van der Waals surface area (Å²) >= 11 is 0. The fourth-order valence-electron chi connectivity index (χ4n) is 6.36. The lowest BCUT2D eigenvalue weighted by Crippen LogP contribution is -2.28. The number of epoxide rings is 1. The van der Waals surface area contributed by atoms with Crippen molar-refractivity contribution in [2.75, 3.05) is 13.2 Å². The maximum absolute atomic E-state index is 12.2. The fourth-order valence-corrected chi connectivity index (χ4v) is 6.36. The van der Waals surface area contributed by atoms with E-state index in [1.165, 1.54) is 116 Å². The van der Waals surface area contributed by atoms with Gasteiger partial charge in [-0.05, 0) is 57.3 Å². The lowest BCUT2D eigenvalue weighted by atomic mass is 10.0. The van der Waals surface area contributed by atoms with E-state index in [2.05, 4.69) is 57.2 Å². The van der Waals surface area contributed by atoms with Crippen LogP contribution in [0.25, 0.3) is 0 Å². The molecule has 1 fully saturated rings. The summed E-state index contributed by atoms with van der Waals surface area (Å²) in [5.41, 5.74) is 0. The number of allylic oxidation sites excluding steroid dienone is 4. The van der Waals surface area contributed by atoms with Crippen LogP contribution in [0, 0.1) is 5.92 Å². The molecule has 6 heteroatoms. The smallest absolute Gasteiger partial charge is 0.306 e. The second-order valence-corrected chi connectivity index (χ2v) is 15.3. The quantitative estimate of drug-likeness (QED) is 0.0298. The zero-order valence-electron chi connectivity index (χ0n) is 33.5. The van der Waals surface area contributed by atoms with Gasteiger partial charge in [-0.15, -0.1) is 0 Å². The second kappa shape index (κ2) is 35.1. The first kappa shape index (κ1) is 47.1. The van der Waals surface area contributed by atoms with Crippen LogP contribution in [0.2, 0.25) is 0 Å². The summed E-state index contributed by atoms with van der Waals surface area (Å²) in [6.07, 6.45) is 45.3. The highest BCUT2D eigenvalue weighted by Crippen LogP contribution is 2.29. The summed E-state index contributed by atoms with van der Waals surface area (Å²) in [6, 6.07) is 0. The van der Waals surface area contributed by atoms with Crippen LogP contribution < -0.4 is 0 Å². The van der Waals surface area contributed by atoms with Crippen LogP contribution in [-0.2, 0) is 23.8 Å². The molecule has 0 bridgehead atoms. The Morgan fingerprint density at radius 2 is 1.10 bits per heavy atom. The third-order valence-corrected chi connectivity index (χ3v) is 9.77. The van der Waals surface area contributed by atoms with Crippen molar-refractivity contribution in [3.63, 3.8) is 0 Å². The van der Waals surface area contributed by atoms with Gasteiger partial charge in [-0.3, -0.25) is 9.59 Å². The molecule has 0 saturated carbocycles. The molecule has 0 amide bonds. The predicted octanol–water partition coefficient (Wildman–Crippen LogP) is 12.5. The van der Waals surface area contributed by atoms with Gasteiger partial charge in [0.15, 0.2) is 6.10 Å². The number of esters is 2. The van der Waals surface area contributed by atoms with Gasteiger partial charge in [0.2, 0.25) is 0 Å². The molecule has 1 N–H and O–H groups in total. The minimum atomic E-state index is -0.795. The van der Waals surface area contributed by atoms with Crippen LogP contribution in [0.1, 0.15) is 201 Å². The van der Waals surface area contributed by atoms with Gasteiger partial charge in [-0.25, -0.2) is 0 Å². The largest absolute Gasteiger partial charge is 0.462 e. The maximum atomic E-state index is 12.2. The minimum Gasteiger partial charge on any atom is -0.462 e. The number of aliphatic hydroxyl groups is 1. The van der Waals surface area contributed by atoms with E-state index < -0.39 is 6.10 Å². The van der Waals surface area contributed by atoms with Crippen molar-refractivity contribution in [2.24, 2.45) is 5.92 Å². The van der Waals surface area contributed by atoms with Gasteiger partial charge in [0.1, 0.15) is 6.61 Å². The van der Waals surface area contributed by atoms with Crippen molar-refractivity contribution in [1.29, 1.82) is 0 Å². The Hall–Kier alpha value is -1.92. The van der Waals surface area contributed by atoms with Gasteiger partial charge in [-0.2, -0.15) is 0 Å². The molecule has 3 atom stereocenters. The van der Waals surface area contributed by atoms with Crippen molar-refractivity contribution < 1.29 is 28.9 Å². The van der Waals surface area contributed by atoms with Gasteiger partial charge >= 0.3 is 11.9 Å². The minimum absolute atomic E-state index is 0.0961. The first-order valence-corrected chi connectivity index (χ1v) is 21.5. The van der Waals surface area contributed by atoms with E-state index >= 15 is 0 Å². The molecule has 0 aromatic carbocycles. The summed E-state index contributed by atoms with van der Waals surface area (Å²) in [6.45, 7) is 6.43. The molecule has 0 aromatic heterocycles. The Morgan fingerprint density at radius 3 is 1.67 bits per heavy atom. The maximum Gasteiger partial charge on any atom is 0.306 e. The molecule has 1 saturated heterocycles. The number of carbonyl (C=O) groups excluding carboxylic acids is 2. The lowest BCUT2D eigenvalue weighted by Gasteiger charge is -2.15. The van der Waals surface area contributed by atoms with Crippen LogP contribution in [0.4, 0.5) is 0 Å². The molecule has 51 heavy (non-hydrogen) atoms. The Kier molecular flexibility index (Phi) is 32.4. The molecule has 296 valence electrons. The van der Waals surface area contributed by atoms with E-state index in [0.29, 0.717) is 31.5 Å². The van der Waals surface area contributed by atoms with Crippen LogP contribution in [0.15, 0.2) is 36.5 Å². The van der Waals surface area contributed by atoms with Crippen molar-refractivity contribution in [3.05, 3.63) is 36.5 Å². The van der Waals surface area contributed by atoms with Crippen molar-refractivity contribution in [1.82, 2.24) is 0 Å². The summed E-state index contributed by atoms with van der Waals surface area (Å²) in [5.74, 6) is 0.197. The summed E-state index contributed by atoms with van der Waals surface area (Å²) in [7, 11) is 0. The molecular formula is C45H80O6. The van der Waals surface area contributed by atoms with Gasteiger partial charge in [0.25, 0.3) is 0 Å². The number of hydrogen-bond donors (Lipinski definition) is 1. The number of unbranched alkanes of at least 4 members (excludes halogenated alkanes) is 19. The van der Waals surface area contributed by atoms with Crippen molar-refractivity contribution in [3.8, 4) is 0 Å². The van der Waals surface area contributed by atoms with Gasteiger partial charge < -0.3 is 19.3 Å². The average Bonchev–Trinajstić information content (AvgIpc) is 3.87. The monoisotopic (exact) mass is 717 g/mol. The lowest BCUT2D eigenvalue weighted by molar-refractivity contribution is -0.161. The molecule has 1 heterocycles.